The maximum absolute atomic E-state index is 11.3. The highest BCUT2D eigenvalue weighted by Crippen LogP contribution is 2.22. The number of amides is 1. The number of fused-ring (bicyclic) bond motifs is 1. The number of hydrogen-bond donors (Lipinski definition) is 2. The summed E-state index contributed by atoms with van der Waals surface area (Å²) < 4.78 is 0. The van der Waals surface area contributed by atoms with Crippen molar-refractivity contribution in [3.05, 3.63) is 48.0 Å². The van der Waals surface area contributed by atoms with Gasteiger partial charge in [-0.05, 0) is 29.3 Å². The summed E-state index contributed by atoms with van der Waals surface area (Å²) >= 11 is 0. The summed E-state index contributed by atoms with van der Waals surface area (Å²) in [6, 6.07) is 13.6. The summed E-state index contributed by atoms with van der Waals surface area (Å²) in [6.07, 6.45) is 0. The quantitative estimate of drug-likeness (QED) is 0.795. The molecule has 1 atom stereocenters. The second kappa shape index (κ2) is 3.61. The van der Waals surface area contributed by atoms with Gasteiger partial charge in [0.15, 0.2) is 0 Å². The average molecular weight is 214 g/mol. The van der Waals surface area contributed by atoms with E-state index in [1.54, 1.807) is 6.92 Å². The van der Waals surface area contributed by atoms with Gasteiger partial charge < -0.3 is 11.5 Å². The first kappa shape index (κ1) is 10.6. The predicted octanol–water partition coefficient (Wildman–Crippen LogP) is 1.50. The second-order valence-electron chi connectivity index (χ2n) is 4.13. The van der Waals surface area contributed by atoms with Crippen LogP contribution in [-0.4, -0.2) is 5.91 Å². The Morgan fingerprint density at radius 1 is 1.12 bits per heavy atom. The summed E-state index contributed by atoms with van der Waals surface area (Å²) in [5, 5.41) is 2.17. The Morgan fingerprint density at radius 2 is 1.75 bits per heavy atom. The molecule has 0 aliphatic rings. The highest BCUT2D eigenvalue weighted by Gasteiger charge is 2.27. The summed E-state index contributed by atoms with van der Waals surface area (Å²) in [5.74, 6) is -0.525. The number of primary amides is 1. The SMILES string of the molecule is CC(N)(C(N)=O)c1ccc2ccccc2c1. The van der Waals surface area contributed by atoms with E-state index in [0.717, 1.165) is 16.3 Å². The number of carbonyl (C=O) groups excluding carboxylic acids is 1. The van der Waals surface area contributed by atoms with Gasteiger partial charge in [-0.15, -0.1) is 0 Å². The van der Waals surface area contributed by atoms with E-state index in [1.807, 2.05) is 42.5 Å². The Balaban J connectivity index is 2.59. The van der Waals surface area contributed by atoms with Crippen molar-refractivity contribution >= 4 is 16.7 Å². The minimum absolute atomic E-state index is 0.525. The van der Waals surface area contributed by atoms with Crippen LogP contribution >= 0.6 is 0 Å². The van der Waals surface area contributed by atoms with Gasteiger partial charge in [0.05, 0.1) is 0 Å². The van der Waals surface area contributed by atoms with Gasteiger partial charge in [-0.25, -0.2) is 0 Å². The van der Waals surface area contributed by atoms with E-state index in [9.17, 15) is 4.79 Å². The summed E-state index contributed by atoms with van der Waals surface area (Å²) in [6.45, 7) is 1.62. The van der Waals surface area contributed by atoms with Gasteiger partial charge in [0.25, 0.3) is 0 Å². The van der Waals surface area contributed by atoms with Crippen molar-refractivity contribution in [2.75, 3.05) is 0 Å². The molecule has 0 radical (unpaired) electrons. The van der Waals surface area contributed by atoms with Crippen molar-refractivity contribution in [2.45, 2.75) is 12.5 Å². The minimum Gasteiger partial charge on any atom is -0.368 e. The maximum atomic E-state index is 11.3. The molecule has 2 aromatic rings. The Labute approximate surface area is 94.0 Å². The molecule has 3 heteroatoms. The van der Waals surface area contributed by atoms with Crippen LogP contribution in [0.2, 0.25) is 0 Å². The lowest BCUT2D eigenvalue weighted by molar-refractivity contribution is -0.122. The zero-order chi connectivity index (χ0) is 11.8. The van der Waals surface area contributed by atoms with Crippen LogP contribution in [0.4, 0.5) is 0 Å². The van der Waals surface area contributed by atoms with E-state index >= 15 is 0 Å². The van der Waals surface area contributed by atoms with Gasteiger partial charge in [0.1, 0.15) is 5.54 Å². The van der Waals surface area contributed by atoms with Crippen LogP contribution in [0.3, 0.4) is 0 Å². The first-order valence-electron chi connectivity index (χ1n) is 5.10. The van der Waals surface area contributed by atoms with Crippen LogP contribution in [0.5, 0.6) is 0 Å². The molecule has 4 N–H and O–H groups in total. The molecule has 82 valence electrons. The number of nitrogens with two attached hydrogens (primary N) is 2. The van der Waals surface area contributed by atoms with Gasteiger partial charge >= 0.3 is 0 Å². The number of rotatable bonds is 2. The van der Waals surface area contributed by atoms with Gasteiger partial charge in [0, 0.05) is 0 Å². The highest BCUT2D eigenvalue weighted by molar-refractivity contribution is 5.89. The molecule has 2 rings (SSSR count). The van der Waals surface area contributed by atoms with E-state index in [4.69, 9.17) is 11.5 Å². The topological polar surface area (TPSA) is 69.1 Å². The maximum Gasteiger partial charge on any atom is 0.241 e. The zero-order valence-corrected chi connectivity index (χ0v) is 9.10. The lowest BCUT2D eigenvalue weighted by Gasteiger charge is -2.21. The molecule has 0 heterocycles. The normalized spacial score (nSPS) is 14.6. The molecule has 0 aliphatic heterocycles. The molecule has 0 aromatic heterocycles. The van der Waals surface area contributed by atoms with Gasteiger partial charge in [-0.2, -0.15) is 0 Å². The van der Waals surface area contributed by atoms with Crippen LogP contribution in [-0.2, 0) is 10.3 Å². The third kappa shape index (κ3) is 1.66. The monoisotopic (exact) mass is 214 g/mol. The van der Waals surface area contributed by atoms with Crippen molar-refractivity contribution in [1.29, 1.82) is 0 Å². The summed E-state index contributed by atoms with van der Waals surface area (Å²) in [5.41, 5.74) is 10.8. The highest BCUT2D eigenvalue weighted by atomic mass is 16.1. The third-order valence-electron chi connectivity index (χ3n) is 2.86. The molecule has 1 amide bonds. The lowest BCUT2D eigenvalue weighted by Crippen LogP contribution is -2.46. The first-order chi connectivity index (χ1) is 7.51. The molecule has 0 saturated heterocycles. The minimum atomic E-state index is -1.12. The molecule has 16 heavy (non-hydrogen) atoms. The molecule has 2 aromatic carbocycles. The summed E-state index contributed by atoms with van der Waals surface area (Å²) in [7, 11) is 0. The molecule has 0 aliphatic carbocycles. The van der Waals surface area contributed by atoms with E-state index in [2.05, 4.69) is 0 Å². The van der Waals surface area contributed by atoms with Gasteiger partial charge in [-0.3, -0.25) is 4.79 Å². The van der Waals surface area contributed by atoms with Crippen LogP contribution in [0.15, 0.2) is 42.5 Å². The van der Waals surface area contributed by atoms with E-state index < -0.39 is 11.4 Å². The smallest absolute Gasteiger partial charge is 0.241 e. The second-order valence-corrected chi connectivity index (χ2v) is 4.13. The Morgan fingerprint density at radius 3 is 2.38 bits per heavy atom. The Bertz CT molecular complexity index is 546. The fourth-order valence-electron chi connectivity index (χ4n) is 1.65. The van der Waals surface area contributed by atoms with Crippen molar-refractivity contribution in [3.63, 3.8) is 0 Å². The number of hydrogen-bond acceptors (Lipinski definition) is 2. The zero-order valence-electron chi connectivity index (χ0n) is 9.10. The molecule has 1 unspecified atom stereocenters. The largest absolute Gasteiger partial charge is 0.368 e. The van der Waals surface area contributed by atoms with E-state index in [1.165, 1.54) is 0 Å². The molecule has 0 fully saturated rings. The Hall–Kier alpha value is -1.87. The molecule has 0 saturated carbocycles. The predicted molar refractivity (Wildman–Crippen MR) is 64.7 cm³/mol. The van der Waals surface area contributed by atoms with E-state index in [0.29, 0.717) is 0 Å². The van der Waals surface area contributed by atoms with E-state index in [-0.39, 0.29) is 0 Å². The number of benzene rings is 2. The van der Waals surface area contributed by atoms with Crippen LogP contribution in [0.25, 0.3) is 10.8 Å². The molecule has 0 spiro atoms. The van der Waals surface area contributed by atoms with Crippen molar-refractivity contribution in [1.82, 2.24) is 0 Å². The Kier molecular flexibility index (Phi) is 2.40. The number of carbonyl (C=O) groups is 1. The standard InChI is InChI=1S/C13H14N2O/c1-13(15,12(14)16)11-7-6-9-4-2-3-5-10(9)8-11/h2-8H,15H2,1H3,(H2,14,16). The summed E-state index contributed by atoms with van der Waals surface area (Å²) in [4.78, 5) is 11.3. The molecular weight excluding hydrogens is 200 g/mol. The van der Waals surface area contributed by atoms with Crippen LogP contribution in [0, 0.1) is 0 Å². The fourth-order valence-corrected chi connectivity index (χ4v) is 1.65. The van der Waals surface area contributed by atoms with Gasteiger partial charge in [-0.1, -0.05) is 36.4 Å². The fraction of sp³-hybridized carbons (Fsp3) is 0.154. The van der Waals surface area contributed by atoms with Crippen molar-refractivity contribution < 1.29 is 4.79 Å². The first-order valence-corrected chi connectivity index (χ1v) is 5.10. The van der Waals surface area contributed by atoms with Crippen molar-refractivity contribution in [2.24, 2.45) is 11.5 Å². The van der Waals surface area contributed by atoms with Crippen molar-refractivity contribution in [3.8, 4) is 0 Å². The molecule has 3 nitrogen and oxygen atoms in total. The average Bonchev–Trinajstić information content (AvgIpc) is 2.28. The van der Waals surface area contributed by atoms with Crippen LogP contribution < -0.4 is 11.5 Å². The third-order valence-corrected chi connectivity index (χ3v) is 2.86. The molecule has 0 bridgehead atoms. The molecular formula is C13H14N2O. The van der Waals surface area contributed by atoms with Gasteiger partial charge in [0.2, 0.25) is 5.91 Å². The van der Waals surface area contributed by atoms with Crippen LogP contribution in [0.1, 0.15) is 12.5 Å². The lowest BCUT2D eigenvalue weighted by atomic mass is 9.91.